The molecule has 1 aromatic heterocycles. The predicted molar refractivity (Wildman–Crippen MR) is 174 cm³/mol. The van der Waals surface area contributed by atoms with Crippen molar-refractivity contribution in [2.75, 3.05) is 32.1 Å². The van der Waals surface area contributed by atoms with Crippen molar-refractivity contribution >= 4 is 41.3 Å². The minimum atomic E-state index is -1.07. The average Bonchev–Trinajstić information content (AvgIpc) is 3.47. The highest BCUT2D eigenvalue weighted by Gasteiger charge is 2.19. The van der Waals surface area contributed by atoms with Crippen molar-refractivity contribution in [2.45, 2.75) is 32.5 Å². The molecule has 2 aromatic carbocycles. The number of methoxy groups -OCH3 is 1. The van der Waals surface area contributed by atoms with Crippen LogP contribution in [0.2, 0.25) is 0 Å². The number of benzene rings is 2. The van der Waals surface area contributed by atoms with Crippen molar-refractivity contribution in [2.24, 2.45) is 7.05 Å². The monoisotopic (exact) mass is 697 g/mol. The van der Waals surface area contributed by atoms with Gasteiger partial charge in [0.25, 0.3) is 5.69 Å². The molecular weight excluding hydrogens is 662 g/mol. The van der Waals surface area contributed by atoms with Crippen LogP contribution in [0.1, 0.15) is 30.5 Å². The van der Waals surface area contributed by atoms with Gasteiger partial charge in [0, 0.05) is 30.8 Å². The molecule has 19 heteroatoms. The number of nitrogens with zero attached hydrogens (tertiary/aromatic N) is 4. The lowest BCUT2D eigenvalue weighted by molar-refractivity contribution is -0.396. The summed E-state index contributed by atoms with van der Waals surface area (Å²) in [5, 5.41) is 30.4. The van der Waals surface area contributed by atoms with Crippen molar-refractivity contribution in [3.05, 3.63) is 92.3 Å². The number of anilines is 1. The van der Waals surface area contributed by atoms with Crippen molar-refractivity contribution in [3.8, 4) is 11.5 Å². The molecule has 0 aliphatic carbocycles. The van der Waals surface area contributed by atoms with Crippen LogP contribution < -0.4 is 25.4 Å². The Morgan fingerprint density at radius 3 is 2.36 bits per heavy atom. The number of ether oxygens (including phenoxy) is 4. The van der Waals surface area contributed by atoms with Gasteiger partial charge in [-0.3, -0.25) is 19.7 Å². The molecule has 0 aliphatic rings. The SMILES string of the molecule is COC(=O)/C=C\C(=O)NCCCCCNCC(=O)Nc1cc(COC(=O)Oc2ccc([N+](=O)[O-])cc2)ccc1OCc1cnc([N+](=O)[O-])n1C. The molecule has 19 nitrogen and oxygen atoms in total. The average molecular weight is 698 g/mol. The minimum absolute atomic E-state index is 0.0388. The molecule has 0 atom stereocenters. The smallest absolute Gasteiger partial charge is 0.484 e. The topological polar surface area (TPSA) is 245 Å². The Kier molecular flexibility index (Phi) is 14.8. The van der Waals surface area contributed by atoms with Gasteiger partial charge in [0.15, 0.2) is 5.69 Å². The molecule has 0 spiro atoms. The molecular formula is C31H35N7O12. The number of aromatic nitrogens is 2. The zero-order chi connectivity index (χ0) is 36.5. The number of carbonyl (C=O) groups excluding carboxylic acids is 4. The van der Waals surface area contributed by atoms with Crippen molar-refractivity contribution < 1.29 is 48.0 Å². The van der Waals surface area contributed by atoms with Gasteiger partial charge in [0.1, 0.15) is 30.9 Å². The standard InChI is InChI=1S/C31H35N7O12/c1-36-23(17-34-30(36)38(45)46)20-48-26-11-6-21(19-49-31(42)50-24-9-7-22(8-10-24)37(43)44)16-25(26)35-28(40)18-32-14-4-3-5-15-33-27(39)12-13-29(41)47-2/h6-13,16-17,32H,3-5,14-15,18-20H2,1-2H3,(H,33,39)(H,35,40)/b13-12-. The molecule has 0 saturated heterocycles. The van der Waals surface area contributed by atoms with Gasteiger partial charge in [-0.25, -0.2) is 14.2 Å². The summed E-state index contributed by atoms with van der Waals surface area (Å²) < 4.78 is 21.7. The first-order valence-corrected chi connectivity index (χ1v) is 15.0. The van der Waals surface area contributed by atoms with Gasteiger partial charge in [-0.15, -0.1) is 0 Å². The summed E-state index contributed by atoms with van der Waals surface area (Å²) in [7, 11) is 2.68. The van der Waals surface area contributed by atoms with Crippen molar-refractivity contribution in [1.82, 2.24) is 20.2 Å². The van der Waals surface area contributed by atoms with Crippen molar-refractivity contribution in [1.29, 1.82) is 0 Å². The fraction of sp³-hybridized carbons (Fsp3) is 0.323. The molecule has 3 rings (SSSR count). The van der Waals surface area contributed by atoms with Gasteiger partial charge in [-0.05, 0) is 54.1 Å². The van der Waals surface area contributed by atoms with E-state index in [9.17, 15) is 39.4 Å². The second-order valence-corrected chi connectivity index (χ2v) is 10.3. The van der Waals surface area contributed by atoms with Crippen LogP contribution in [-0.2, 0) is 44.1 Å². The summed E-state index contributed by atoms with van der Waals surface area (Å²) in [5.74, 6) is -1.55. The number of nitro benzene ring substituents is 1. The van der Waals surface area contributed by atoms with Crippen molar-refractivity contribution in [3.63, 3.8) is 0 Å². The Morgan fingerprint density at radius 1 is 0.940 bits per heavy atom. The van der Waals surface area contributed by atoms with E-state index in [0.717, 1.165) is 25.0 Å². The van der Waals surface area contributed by atoms with Gasteiger partial charge in [0.05, 0.1) is 31.3 Å². The second-order valence-electron chi connectivity index (χ2n) is 10.3. The van der Waals surface area contributed by atoms with Gasteiger partial charge in [-0.2, -0.15) is 0 Å². The molecule has 0 fully saturated rings. The lowest BCUT2D eigenvalue weighted by Gasteiger charge is -2.14. The third kappa shape index (κ3) is 12.7. The summed E-state index contributed by atoms with van der Waals surface area (Å²) in [6.45, 7) is 0.497. The zero-order valence-electron chi connectivity index (χ0n) is 27.1. The molecule has 0 bridgehead atoms. The molecule has 266 valence electrons. The number of carbonyl (C=O) groups is 4. The summed E-state index contributed by atoms with van der Waals surface area (Å²) in [4.78, 5) is 72.2. The van der Waals surface area contributed by atoms with E-state index in [1.807, 2.05) is 0 Å². The van der Waals surface area contributed by atoms with E-state index in [4.69, 9.17) is 14.2 Å². The molecule has 50 heavy (non-hydrogen) atoms. The number of esters is 1. The minimum Gasteiger partial charge on any atom is -0.484 e. The normalized spacial score (nSPS) is 10.7. The number of non-ortho nitro benzene ring substituents is 1. The van der Waals surface area contributed by atoms with Crippen LogP contribution in [0.25, 0.3) is 0 Å². The number of unbranched alkanes of at least 4 members (excludes halogenated alkanes) is 2. The number of hydrogen-bond donors (Lipinski definition) is 3. The number of rotatable bonds is 19. The molecule has 2 amide bonds. The van der Waals surface area contributed by atoms with Crippen LogP contribution in [0.15, 0.2) is 60.8 Å². The number of nitrogens with one attached hydrogen (secondary N) is 3. The maximum absolute atomic E-state index is 12.8. The Morgan fingerprint density at radius 2 is 1.68 bits per heavy atom. The van der Waals surface area contributed by atoms with E-state index < -0.39 is 33.8 Å². The summed E-state index contributed by atoms with van der Waals surface area (Å²) in [6, 6.07) is 9.47. The highest BCUT2D eigenvalue weighted by molar-refractivity contribution is 5.94. The highest BCUT2D eigenvalue weighted by Crippen LogP contribution is 2.28. The van der Waals surface area contributed by atoms with E-state index >= 15 is 0 Å². The van der Waals surface area contributed by atoms with E-state index in [1.165, 1.54) is 61.3 Å². The van der Waals surface area contributed by atoms with Gasteiger partial charge in [0.2, 0.25) is 11.8 Å². The lowest BCUT2D eigenvalue weighted by atomic mass is 10.2. The largest absolute Gasteiger partial charge is 0.514 e. The molecule has 0 aliphatic heterocycles. The maximum Gasteiger partial charge on any atom is 0.514 e. The van der Waals surface area contributed by atoms with E-state index in [0.29, 0.717) is 30.8 Å². The number of imidazole rings is 1. The maximum atomic E-state index is 12.8. The van der Waals surface area contributed by atoms with Crippen LogP contribution in [-0.4, -0.2) is 70.1 Å². The van der Waals surface area contributed by atoms with Crippen LogP contribution in [0.4, 0.5) is 22.1 Å². The first-order valence-electron chi connectivity index (χ1n) is 15.0. The Labute approximate surface area is 284 Å². The molecule has 1 heterocycles. The van der Waals surface area contributed by atoms with Crippen LogP contribution >= 0.6 is 0 Å². The number of nitro groups is 2. The zero-order valence-corrected chi connectivity index (χ0v) is 27.1. The Balaban J connectivity index is 1.53. The molecule has 0 saturated carbocycles. The van der Waals surface area contributed by atoms with E-state index in [1.54, 1.807) is 6.07 Å². The second kappa shape index (κ2) is 19.5. The molecule has 0 unspecified atom stereocenters. The molecule has 0 radical (unpaired) electrons. The fourth-order valence-electron chi connectivity index (χ4n) is 4.11. The molecule has 3 aromatic rings. The van der Waals surface area contributed by atoms with E-state index in [2.05, 4.69) is 25.7 Å². The summed E-state index contributed by atoms with van der Waals surface area (Å²) in [6.07, 6.45) is 4.52. The number of hydrogen-bond acceptors (Lipinski definition) is 14. The van der Waals surface area contributed by atoms with Gasteiger partial charge < -0.3 is 45.0 Å². The van der Waals surface area contributed by atoms with Crippen LogP contribution in [0.3, 0.4) is 0 Å². The number of amides is 2. The third-order valence-corrected chi connectivity index (χ3v) is 6.71. The van der Waals surface area contributed by atoms with Crippen LogP contribution in [0.5, 0.6) is 11.5 Å². The highest BCUT2D eigenvalue weighted by atomic mass is 16.7. The van der Waals surface area contributed by atoms with E-state index in [-0.39, 0.29) is 48.6 Å². The first-order chi connectivity index (χ1) is 24.0. The summed E-state index contributed by atoms with van der Waals surface area (Å²) in [5.41, 5.74) is 0.903. The fourth-order valence-corrected chi connectivity index (χ4v) is 4.11. The molecule has 3 N–H and O–H groups in total. The first kappa shape index (κ1) is 38.1. The van der Waals surface area contributed by atoms with Gasteiger partial charge in [-0.1, -0.05) is 17.5 Å². The predicted octanol–water partition coefficient (Wildman–Crippen LogP) is 3.07. The van der Waals surface area contributed by atoms with Gasteiger partial charge >= 0.3 is 18.1 Å². The quantitative estimate of drug-likeness (QED) is 0.0407. The Hall–Kier alpha value is -6.37. The third-order valence-electron chi connectivity index (χ3n) is 6.71. The van der Waals surface area contributed by atoms with Crippen LogP contribution in [0, 0.1) is 20.2 Å². The summed E-state index contributed by atoms with van der Waals surface area (Å²) >= 11 is 0. The lowest BCUT2D eigenvalue weighted by Crippen LogP contribution is -2.29. The Bertz CT molecular complexity index is 1710.